The van der Waals surface area contributed by atoms with Gasteiger partial charge < -0.3 is 0 Å². The molecule has 4 rings (SSSR count). The maximum atomic E-state index is 5.88. The van der Waals surface area contributed by atoms with Gasteiger partial charge in [-0.25, -0.2) is 0 Å². The van der Waals surface area contributed by atoms with E-state index in [-0.39, 0.29) is 0 Å². The van der Waals surface area contributed by atoms with Gasteiger partial charge in [-0.05, 0) is 80.5 Å². The zero-order valence-corrected chi connectivity index (χ0v) is 12.8. The second-order valence-electron chi connectivity index (χ2n) is 8.16. The predicted octanol–water partition coefficient (Wildman–Crippen LogP) is 3.86. The Hall–Kier alpha value is -0.0800. The van der Waals surface area contributed by atoms with Crippen molar-refractivity contribution in [3.05, 3.63) is 0 Å². The lowest BCUT2D eigenvalue weighted by atomic mass is 9.48. The van der Waals surface area contributed by atoms with Crippen LogP contribution in [0.4, 0.5) is 0 Å². The molecule has 0 radical (unpaired) electrons. The summed E-state index contributed by atoms with van der Waals surface area (Å²) in [5, 5.41) is 0. The van der Waals surface area contributed by atoms with Crippen LogP contribution in [-0.4, -0.2) is 6.04 Å². The third-order valence-electron chi connectivity index (χ3n) is 6.46. The van der Waals surface area contributed by atoms with Gasteiger partial charge in [0.1, 0.15) is 0 Å². The van der Waals surface area contributed by atoms with E-state index >= 15 is 0 Å². The second-order valence-corrected chi connectivity index (χ2v) is 8.16. The smallest absolute Gasteiger partial charge is 0.0241 e. The van der Waals surface area contributed by atoms with Crippen molar-refractivity contribution < 1.29 is 0 Å². The molecule has 0 aromatic rings. The molecule has 19 heavy (non-hydrogen) atoms. The van der Waals surface area contributed by atoms with Crippen molar-refractivity contribution in [1.82, 2.24) is 5.43 Å². The van der Waals surface area contributed by atoms with Crippen molar-refractivity contribution in [1.29, 1.82) is 0 Å². The molecule has 0 aromatic carbocycles. The summed E-state index contributed by atoms with van der Waals surface area (Å²) in [4.78, 5) is 0. The van der Waals surface area contributed by atoms with Gasteiger partial charge in [-0.15, -0.1) is 0 Å². The molecule has 3 N–H and O–H groups in total. The Morgan fingerprint density at radius 3 is 2.05 bits per heavy atom. The van der Waals surface area contributed by atoms with Gasteiger partial charge >= 0.3 is 0 Å². The van der Waals surface area contributed by atoms with Gasteiger partial charge in [-0.3, -0.25) is 11.3 Å². The van der Waals surface area contributed by atoms with Crippen molar-refractivity contribution in [3.63, 3.8) is 0 Å². The first-order chi connectivity index (χ1) is 9.14. The van der Waals surface area contributed by atoms with Crippen molar-refractivity contribution in [2.24, 2.45) is 34.9 Å². The molecule has 2 unspecified atom stereocenters. The van der Waals surface area contributed by atoms with E-state index in [1.165, 1.54) is 38.5 Å². The van der Waals surface area contributed by atoms with Gasteiger partial charge in [0.05, 0.1) is 0 Å². The Morgan fingerprint density at radius 1 is 1.11 bits per heavy atom. The number of hydrogen-bond acceptors (Lipinski definition) is 2. The molecule has 4 saturated carbocycles. The molecule has 4 aliphatic rings. The third-order valence-corrected chi connectivity index (χ3v) is 6.46. The van der Waals surface area contributed by atoms with E-state index in [9.17, 15) is 0 Å². The standard InChI is InChI=1S/C17H32N2/c1-3-4-12(2)16(19-18)11-17-8-13-5-14(9-17)7-15(6-13)10-17/h12-16,19H,3-11,18H2,1-2H3. The molecular formula is C17H32N2. The average Bonchev–Trinajstić information content (AvgIpc) is 2.34. The molecule has 2 atom stereocenters. The van der Waals surface area contributed by atoms with Crippen LogP contribution in [0.3, 0.4) is 0 Å². The highest BCUT2D eigenvalue weighted by molar-refractivity contribution is 5.02. The highest BCUT2D eigenvalue weighted by atomic mass is 15.2. The van der Waals surface area contributed by atoms with E-state index in [1.54, 1.807) is 19.3 Å². The van der Waals surface area contributed by atoms with Crippen LogP contribution < -0.4 is 11.3 Å². The van der Waals surface area contributed by atoms with Crippen LogP contribution >= 0.6 is 0 Å². The van der Waals surface area contributed by atoms with Gasteiger partial charge in [-0.1, -0.05) is 20.3 Å². The van der Waals surface area contributed by atoms with Gasteiger partial charge in [-0.2, -0.15) is 0 Å². The summed E-state index contributed by atoms with van der Waals surface area (Å²) < 4.78 is 0. The van der Waals surface area contributed by atoms with Crippen LogP contribution in [0, 0.1) is 29.1 Å². The van der Waals surface area contributed by atoms with Gasteiger partial charge in [0.15, 0.2) is 0 Å². The largest absolute Gasteiger partial charge is 0.271 e. The topological polar surface area (TPSA) is 38.0 Å². The quantitative estimate of drug-likeness (QED) is 0.565. The summed E-state index contributed by atoms with van der Waals surface area (Å²) in [6.45, 7) is 4.67. The summed E-state index contributed by atoms with van der Waals surface area (Å²) in [6.07, 6.45) is 13.1. The van der Waals surface area contributed by atoms with Crippen LogP contribution in [-0.2, 0) is 0 Å². The highest BCUT2D eigenvalue weighted by Gasteiger charge is 2.51. The molecule has 0 heterocycles. The number of hydrogen-bond donors (Lipinski definition) is 2. The Morgan fingerprint density at radius 2 is 1.63 bits per heavy atom. The number of rotatable bonds is 6. The molecule has 4 bridgehead atoms. The number of hydrazine groups is 1. The molecule has 2 nitrogen and oxygen atoms in total. The van der Waals surface area contributed by atoms with E-state index in [2.05, 4.69) is 19.3 Å². The Labute approximate surface area is 118 Å². The molecule has 4 aliphatic carbocycles. The molecule has 0 spiro atoms. The summed E-state index contributed by atoms with van der Waals surface area (Å²) in [5.41, 5.74) is 3.82. The SMILES string of the molecule is CCCC(C)C(CC12CC3CC(CC(C3)C1)C2)NN. The maximum Gasteiger partial charge on any atom is 0.0241 e. The van der Waals surface area contributed by atoms with Crippen LogP contribution in [0.2, 0.25) is 0 Å². The predicted molar refractivity (Wildman–Crippen MR) is 80.4 cm³/mol. The van der Waals surface area contributed by atoms with E-state index in [0.717, 1.165) is 23.7 Å². The lowest BCUT2D eigenvalue weighted by molar-refractivity contribution is -0.0648. The Balaban J connectivity index is 1.67. The van der Waals surface area contributed by atoms with Gasteiger partial charge in [0.25, 0.3) is 0 Å². The molecule has 0 saturated heterocycles. The van der Waals surface area contributed by atoms with E-state index in [0.29, 0.717) is 11.5 Å². The second kappa shape index (κ2) is 5.37. The van der Waals surface area contributed by atoms with E-state index in [4.69, 9.17) is 5.84 Å². The molecular weight excluding hydrogens is 232 g/mol. The first-order valence-electron chi connectivity index (χ1n) is 8.60. The lowest BCUT2D eigenvalue weighted by Crippen LogP contribution is -2.51. The van der Waals surface area contributed by atoms with Crippen LogP contribution in [0.15, 0.2) is 0 Å². The first-order valence-corrected chi connectivity index (χ1v) is 8.60. The fourth-order valence-electron chi connectivity index (χ4n) is 6.09. The van der Waals surface area contributed by atoms with Gasteiger partial charge in [0, 0.05) is 6.04 Å². The van der Waals surface area contributed by atoms with Gasteiger partial charge in [0.2, 0.25) is 0 Å². The monoisotopic (exact) mass is 264 g/mol. The van der Waals surface area contributed by atoms with E-state index in [1.807, 2.05) is 0 Å². The molecule has 0 amide bonds. The third kappa shape index (κ3) is 2.71. The normalized spacial score (nSPS) is 43.4. The van der Waals surface area contributed by atoms with Crippen molar-refractivity contribution >= 4 is 0 Å². The molecule has 0 aromatic heterocycles. The Kier molecular flexibility index (Phi) is 3.92. The molecule has 0 aliphatic heterocycles. The zero-order chi connectivity index (χ0) is 13.5. The minimum atomic E-state index is 0.538. The summed E-state index contributed by atoms with van der Waals surface area (Å²) in [5.74, 6) is 9.79. The summed E-state index contributed by atoms with van der Waals surface area (Å²) in [6, 6.07) is 0.538. The van der Waals surface area contributed by atoms with Crippen LogP contribution in [0.5, 0.6) is 0 Å². The number of nitrogens with two attached hydrogens (primary N) is 1. The number of nitrogens with one attached hydrogen (secondary N) is 1. The molecule has 110 valence electrons. The highest BCUT2D eigenvalue weighted by Crippen LogP contribution is 2.61. The van der Waals surface area contributed by atoms with Crippen molar-refractivity contribution in [2.45, 2.75) is 77.7 Å². The average molecular weight is 264 g/mol. The first kappa shape index (κ1) is 13.9. The minimum absolute atomic E-state index is 0.538. The summed E-state index contributed by atoms with van der Waals surface area (Å²) in [7, 11) is 0. The summed E-state index contributed by atoms with van der Waals surface area (Å²) >= 11 is 0. The molecule has 2 heteroatoms. The van der Waals surface area contributed by atoms with Crippen LogP contribution in [0.25, 0.3) is 0 Å². The minimum Gasteiger partial charge on any atom is -0.271 e. The fourth-order valence-corrected chi connectivity index (χ4v) is 6.09. The van der Waals surface area contributed by atoms with Crippen molar-refractivity contribution in [2.75, 3.05) is 0 Å². The zero-order valence-electron chi connectivity index (χ0n) is 12.8. The lowest BCUT2D eigenvalue weighted by Gasteiger charge is -2.58. The Bertz CT molecular complexity index is 277. The van der Waals surface area contributed by atoms with Crippen molar-refractivity contribution in [3.8, 4) is 0 Å². The van der Waals surface area contributed by atoms with Crippen LogP contribution in [0.1, 0.15) is 71.6 Å². The fraction of sp³-hybridized carbons (Fsp3) is 1.00. The van der Waals surface area contributed by atoms with E-state index < -0.39 is 0 Å². The maximum absolute atomic E-state index is 5.88. The molecule has 4 fully saturated rings.